The maximum absolute atomic E-state index is 12.6. The van der Waals surface area contributed by atoms with E-state index in [2.05, 4.69) is 19.2 Å². The molecule has 104 valence electrons. The zero-order valence-corrected chi connectivity index (χ0v) is 11.3. The molecule has 2 unspecified atom stereocenters. The fraction of sp³-hybridized carbons (Fsp3) is 0.923. The molecule has 2 atom stereocenters. The zero-order valence-electron chi connectivity index (χ0n) is 11.3. The van der Waals surface area contributed by atoms with E-state index >= 15 is 0 Å². The van der Waals surface area contributed by atoms with Crippen molar-refractivity contribution >= 4 is 5.91 Å². The molecule has 0 aromatic carbocycles. The van der Waals surface area contributed by atoms with Gasteiger partial charge in [0.25, 0.3) is 0 Å². The predicted molar refractivity (Wildman–Crippen MR) is 68.2 cm³/mol. The quantitative estimate of drug-likeness (QED) is 0.729. The van der Waals surface area contributed by atoms with E-state index in [9.17, 15) is 9.90 Å². The highest BCUT2D eigenvalue weighted by atomic mass is 16.5. The molecular weight excluding hydrogens is 232 g/mol. The Balaban J connectivity index is 2.09. The normalized spacial score (nSPS) is 32.3. The summed E-state index contributed by atoms with van der Waals surface area (Å²) in [5, 5.41) is 12.7. The van der Waals surface area contributed by atoms with Crippen molar-refractivity contribution in [2.75, 3.05) is 32.9 Å². The summed E-state index contributed by atoms with van der Waals surface area (Å²) in [4.78, 5) is 14.4. The van der Waals surface area contributed by atoms with Crippen LogP contribution in [0.15, 0.2) is 0 Å². The Morgan fingerprint density at radius 2 is 2.33 bits per heavy atom. The molecule has 0 spiro atoms. The largest absolute Gasteiger partial charge is 0.394 e. The van der Waals surface area contributed by atoms with Crippen molar-refractivity contribution in [3.05, 3.63) is 0 Å². The van der Waals surface area contributed by atoms with Gasteiger partial charge in [0.05, 0.1) is 31.9 Å². The van der Waals surface area contributed by atoms with Gasteiger partial charge in [0.2, 0.25) is 5.91 Å². The first-order valence-electron chi connectivity index (χ1n) is 6.79. The molecule has 2 rings (SSSR count). The summed E-state index contributed by atoms with van der Waals surface area (Å²) >= 11 is 0. The zero-order chi connectivity index (χ0) is 13.2. The summed E-state index contributed by atoms with van der Waals surface area (Å²) in [6, 6.07) is -0.329. The third kappa shape index (κ3) is 2.68. The molecule has 2 fully saturated rings. The van der Waals surface area contributed by atoms with Crippen molar-refractivity contribution in [1.82, 2.24) is 10.2 Å². The molecule has 2 aliphatic rings. The average molecular weight is 256 g/mol. The van der Waals surface area contributed by atoms with Gasteiger partial charge in [-0.1, -0.05) is 13.8 Å². The van der Waals surface area contributed by atoms with Crippen LogP contribution in [0.3, 0.4) is 0 Å². The van der Waals surface area contributed by atoms with E-state index in [-0.39, 0.29) is 30.0 Å². The fourth-order valence-corrected chi connectivity index (χ4v) is 2.89. The highest BCUT2D eigenvalue weighted by Gasteiger charge is 2.41. The Kier molecular flexibility index (Phi) is 4.25. The number of carbonyl (C=O) groups excluding carboxylic acids is 1. The molecule has 0 saturated carbocycles. The van der Waals surface area contributed by atoms with Crippen molar-refractivity contribution in [3.63, 3.8) is 0 Å². The van der Waals surface area contributed by atoms with Gasteiger partial charge >= 0.3 is 0 Å². The fourth-order valence-electron chi connectivity index (χ4n) is 2.89. The summed E-state index contributed by atoms with van der Waals surface area (Å²) in [6.07, 6.45) is 2.17. The van der Waals surface area contributed by atoms with Gasteiger partial charge in [0.15, 0.2) is 0 Å². The number of piperidine rings is 1. The summed E-state index contributed by atoms with van der Waals surface area (Å²) in [7, 11) is 0. The molecule has 2 N–H and O–H groups in total. The Morgan fingerprint density at radius 1 is 1.56 bits per heavy atom. The first-order chi connectivity index (χ1) is 8.56. The lowest BCUT2D eigenvalue weighted by Gasteiger charge is -2.43. The molecule has 2 saturated heterocycles. The highest BCUT2D eigenvalue weighted by Crippen LogP contribution is 2.31. The molecule has 2 heterocycles. The number of carbonyl (C=O) groups is 1. The number of ether oxygens (including phenoxy) is 1. The van der Waals surface area contributed by atoms with Crippen LogP contribution >= 0.6 is 0 Å². The smallest absolute Gasteiger partial charge is 0.240 e. The molecular formula is C13H24N2O3. The van der Waals surface area contributed by atoms with Gasteiger partial charge in [-0.25, -0.2) is 0 Å². The number of rotatable bonds is 2. The molecule has 2 aliphatic heterocycles. The Labute approximate surface area is 108 Å². The van der Waals surface area contributed by atoms with E-state index in [1.807, 2.05) is 0 Å². The number of morpholine rings is 1. The van der Waals surface area contributed by atoms with Crippen LogP contribution in [0.1, 0.15) is 26.7 Å². The minimum absolute atomic E-state index is 0.0202. The topological polar surface area (TPSA) is 61.8 Å². The second-order valence-electron chi connectivity index (χ2n) is 5.92. The molecule has 18 heavy (non-hydrogen) atoms. The second kappa shape index (κ2) is 5.55. The highest BCUT2D eigenvalue weighted by molar-refractivity contribution is 5.83. The van der Waals surface area contributed by atoms with Crippen molar-refractivity contribution in [2.24, 2.45) is 5.41 Å². The van der Waals surface area contributed by atoms with Gasteiger partial charge in [-0.15, -0.1) is 0 Å². The Bertz CT molecular complexity index is 307. The monoisotopic (exact) mass is 256 g/mol. The summed E-state index contributed by atoms with van der Waals surface area (Å²) in [5.74, 6) is 0.113. The van der Waals surface area contributed by atoms with Gasteiger partial charge in [0.1, 0.15) is 0 Å². The maximum Gasteiger partial charge on any atom is 0.240 e. The lowest BCUT2D eigenvalue weighted by atomic mass is 9.77. The predicted octanol–water partition coefficient (Wildman–Crippen LogP) is -0.0157. The van der Waals surface area contributed by atoms with Gasteiger partial charge in [-0.2, -0.15) is 0 Å². The molecule has 0 radical (unpaired) electrons. The maximum atomic E-state index is 12.6. The Morgan fingerprint density at radius 3 is 3.00 bits per heavy atom. The van der Waals surface area contributed by atoms with Crippen LogP contribution < -0.4 is 5.32 Å². The summed E-state index contributed by atoms with van der Waals surface area (Å²) in [5.41, 5.74) is -0.0202. The van der Waals surface area contributed by atoms with Crippen LogP contribution in [0, 0.1) is 5.41 Å². The van der Waals surface area contributed by atoms with E-state index in [4.69, 9.17) is 4.74 Å². The van der Waals surface area contributed by atoms with Crippen molar-refractivity contribution in [2.45, 2.75) is 38.8 Å². The van der Waals surface area contributed by atoms with Crippen LogP contribution in [0.4, 0.5) is 0 Å². The average Bonchev–Trinajstić information content (AvgIpc) is 2.37. The third-order valence-corrected chi connectivity index (χ3v) is 4.10. The lowest BCUT2D eigenvalue weighted by molar-refractivity contribution is -0.147. The van der Waals surface area contributed by atoms with Crippen molar-refractivity contribution in [1.29, 1.82) is 0 Å². The lowest BCUT2D eigenvalue weighted by Crippen LogP contribution is -2.61. The van der Waals surface area contributed by atoms with Gasteiger partial charge < -0.3 is 20.1 Å². The van der Waals surface area contributed by atoms with Crippen LogP contribution in [-0.2, 0) is 9.53 Å². The van der Waals surface area contributed by atoms with Crippen LogP contribution in [0.25, 0.3) is 0 Å². The second-order valence-corrected chi connectivity index (χ2v) is 5.92. The van der Waals surface area contributed by atoms with E-state index < -0.39 is 0 Å². The van der Waals surface area contributed by atoms with Crippen LogP contribution in [0.5, 0.6) is 0 Å². The van der Waals surface area contributed by atoms with Gasteiger partial charge in [0, 0.05) is 6.54 Å². The SMILES string of the molecule is CC1(C)CCCNC1C(=O)N1CCOCC1CO. The van der Waals surface area contributed by atoms with E-state index in [0.29, 0.717) is 19.8 Å². The number of hydrogen-bond donors (Lipinski definition) is 2. The van der Waals surface area contributed by atoms with Crippen LogP contribution in [-0.4, -0.2) is 60.9 Å². The molecule has 0 aromatic heterocycles. The molecule has 0 aliphatic carbocycles. The number of amides is 1. The first-order valence-corrected chi connectivity index (χ1v) is 6.79. The number of nitrogens with zero attached hydrogens (tertiary/aromatic N) is 1. The first kappa shape index (κ1) is 13.8. The molecule has 5 nitrogen and oxygen atoms in total. The standard InChI is InChI=1S/C13H24N2O3/c1-13(2)4-3-5-14-11(13)12(17)15-6-7-18-9-10(15)8-16/h10-11,14,16H,3-9H2,1-2H3. The van der Waals surface area contributed by atoms with E-state index in [1.54, 1.807) is 4.90 Å². The number of aliphatic hydroxyl groups excluding tert-OH is 1. The van der Waals surface area contributed by atoms with Gasteiger partial charge in [-0.05, 0) is 24.8 Å². The van der Waals surface area contributed by atoms with E-state index in [1.165, 1.54) is 0 Å². The van der Waals surface area contributed by atoms with Crippen molar-refractivity contribution in [3.8, 4) is 0 Å². The van der Waals surface area contributed by atoms with Crippen molar-refractivity contribution < 1.29 is 14.6 Å². The van der Waals surface area contributed by atoms with E-state index in [0.717, 1.165) is 19.4 Å². The van der Waals surface area contributed by atoms with Gasteiger partial charge in [-0.3, -0.25) is 4.79 Å². The summed E-state index contributed by atoms with van der Waals surface area (Å²) < 4.78 is 5.32. The van der Waals surface area contributed by atoms with Crippen LogP contribution in [0.2, 0.25) is 0 Å². The molecule has 0 aromatic rings. The number of nitrogens with one attached hydrogen (secondary N) is 1. The molecule has 0 bridgehead atoms. The third-order valence-electron chi connectivity index (χ3n) is 4.10. The molecule has 1 amide bonds. The number of aliphatic hydroxyl groups is 1. The minimum atomic E-state index is -0.189. The minimum Gasteiger partial charge on any atom is -0.394 e. The number of hydrogen-bond acceptors (Lipinski definition) is 4. The molecule has 5 heteroatoms. The Hall–Kier alpha value is -0.650. The summed E-state index contributed by atoms with van der Waals surface area (Å²) in [6.45, 7) is 6.72.